The number of aliphatic hydroxyl groups excluding tert-OH is 1. The van der Waals surface area contributed by atoms with Gasteiger partial charge in [-0.25, -0.2) is 13.2 Å². The number of carbonyl (C=O) groups is 3. The van der Waals surface area contributed by atoms with Crippen molar-refractivity contribution in [3.05, 3.63) is 41.6 Å². The Morgan fingerprint density at radius 2 is 1.87 bits per heavy atom. The van der Waals surface area contributed by atoms with Gasteiger partial charge in [0.25, 0.3) is 11.8 Å². The van der Waals surface area contributed by atoms with Crippen LogP contribution >= 0.6 is 0 Å². The second-order valence-electron chi connectivity index (χ2n) is 8.17. The number of rotatable bonds is 6. The van der Waals surface area contributed by atoms with Crippen LogP contribution in [0, 0.1) is 0 Å². The van der Waals surface area contributed by atoms with Crippen LogP contribution in [0.1, 0.15) is 20.8 Å². The minimum absolute atomic E-state index is 0.129. The SMILES string of the molecule is CC(C)(C)OC(=O)C1=C(CO)CS(=O)(=O)[C@H]2[C@@H](NC(=O)COc3ccccc3)C(=O)N12. The van der Waals surface area contributed by atoms with Crippen LogP contribution < -0.4 is 10.1 Å². The van der Waals surface area contributed by atoms with Crippen molar-refractivity contribution in [2.24, 2.45) is 0 Å². The molecule has 2 aliphatic rings. The number of nitrogens with zero attached hydrogens (tertiary/aromatic N) is 1. The molecule has 0 aromatic heterocycles. The maximum Gasteiger partial charge on any atom is 0.355 e. The molecule has 168 valence electrons. The van der Waals surface area contributed by atoms with Gasteiger partial charge in [0.05, 0.1) is 12.4 Å². The second-order valence-corrected chi connectivity index (χ2v) is 10.3. The number of aliphatic hydroxyl groups is 1. The van der Waals surface area contributed by atoms with Gasteiger partial charge >= 0.3 is 5.97 Å². The number of hydrogen-bond acceptors (Lipinski definition) is 8. The molecule has 2 aliphatic heterocycles. The van der Waals surface area contributed by atoms with Crippen LogP contribution in [-0.2, 0) is 29.0 Å². The van der Waals surface area contributed by atoms with Crippen molar-refractivity contribution in [3.63, 3.8) is 0 Å². The normalized spacial score (nSPS) is 22.3. The predicted molar refractivity (Wildman–Crippen MR) is 108 cm³/mol. The molecule has 3 rings (SSSR count). The first kappa shape index (κ1) is 22.8. The number of hydrogen-bond donors (Lipinski definition) is 2. The van der Waals surface area contributed by atoms with Crippen LogP contribution in [0.25, 0.3) is 0 Å². The molecule has 0 bridgehead atoms. The average Bonchev–Trinajstić information content (AvgIpc) is 2.68. The summed E-state index contributed by atoms with van der Waals surface area (Å²) in [4.78, 5) is 38.4. The Morgan fingerprint density at radius 3 is 2.45 bits per heavy atom. The van der Waals surface area contributed by atoms with Crippen molar-refractivity contribution in [2.75, 3.05) is 19.0 Å². The maximum atomic E-state index is 12.7. The summed E-state index contributed by atoms with van der Waals surface area (Å²) in [5.74, 6) is -2.57. The monoisotopic (exact) mass is 452 g/mol. The van der Waals surface area contributed by atoms with Crippen molar-refractivity contribution in [1.82, 2.24) is 10.2 Å². The first-order valence-electron chi connectivity index (χ1n) is 9.52. The average molecular weight is 452 g/mol. The Kier molecular flexibility index (Phi) is 6.10. The number of sulfone groups is 1. The van der Waals surface area contributed by atoms with Crippen molar-refractivity contribution in [1.29, 1.82) is 0 Å². The number of carbonyl (C=O) groups excluding carboxylic acids is 3. The number of nitrogens with one attached hydrogen (secondary N) is 1. The summed E-state index contributed by atoms with van der Waals surface area (Å²) in [6.45, 7) is 3.71. The largest absolute Gasteiger partial charge is 0.484 e. The second kappa shape index (κ2) is 8.31. The lowest BCUT2D eigenvalue weighted by Gasteiger charge is -2.49. The number of benzene rings is 1. The zero-order chi connectivity index (χ0) is 23.0. The lowest BCUT2D eigenvalue weighted by molar-refractivity contribution is -0.159. The van der Waals surface area contributed by atoms with Crippen LogP contribution in [0.4, 0.5) is 0 Å². The minimum atomic E-state index is -3.97. The predicted octanol–water partition coefficient (Wildman–Crippen LogP) is -0.265. The highest BCUT2D eigenvalue weighted by molar-refractivity contribution is 7.92. The number of β-lactam (4-membered cyclic amide) rings is 1. The number of para-hydroxylation sites is 1. The molecule has 0 unspecified atom stereocenters. The molecule has 1 aromatic carbocycles. The number of esters is 1. The van der Waals surface area contributed by atoms with E-state index in [4.69, 9.17) is 9.47 Å². The van der Waals surface area contributed by atoms with Crippen molar-refractivity contribution >= 4 is 27.6 Å². The van der Waals surface area contributed by atoms with Gasteiger partial charge in [-0.3, -0.25) is 14.5 Å². The fraction of sp³-hybridized carbons (Fsp3) is 0.450. The molecule has 2 heterocycles. The molecule has 2 N–H and O–H groups in total. The lowest BCUT2D eigenvalue weighted by Crippen LogP contribution is -2.75. The topological polar surface area (TPSA) is 139 Å². The van der Waals surface area contributed by atoms with Gasteiger partial charge < -0.3 is 19.9 Å². The van der Waals surface area contributed by atoms with E-state index in [9.17, 15) is 27.9 Å². The molecule has 11 heteroatoms. The van der Waals surface area contributed by atoms with E-state index in [1.807, 2.05) is 0 Å². The summed E-state index contributed by atoms with van der Waals surface area (Å²) in [6.07, 6.45) is 0. The van der Waals surface area contributed by atoms with E-state index in [0.717, 1.165) is 4.90 Å². The fourth-order valence-corrected chi connectivity index (χ4v) is 5.35. The highest BCUT2D eigenvalue weighted by Crippen LogP contribution is 2.37. The lowest BCUT2D eigenvalue weighted by atomic mass is 10.0. The first-order chi connectivity index (χ1) is 14.4. The van der Waals surface area contributed by atoms with E-state index in [0.29, 0.717) is 5.75 Å². The Balaban J connectivity index is 1.78. The minimum Gasteiger partial charge on any atom is -0.484 e. The van der Waals surface area contributed by atoms with Crippen LogP contribution in [0.5, 0.6) is 5.75 Å². The summed E-state index contributed by atoms with van der Waals surface area (Å²) < 4.78 is 36.0. The Morgan fingerprint density at radius 1 is 1.23 bits per heavy atom. The third-order valence-corrected chi connectivity index (χ3v) is 6.54. The van der Waals surface area contributed by atoms with E-state index in [1.165, 1.54) is 0 Å². The molecule has 31 heavy (non-hydrogen) atoms. The number of ether oxygens (including phenoxy) is 2. The van der Waals surface area contributed by atoms with Crippen LogP contribution in [0.2, 0.25) is 0 Å². The van der Waals surface area contributed by atoms with Crippen LogP contribution in [-0.4, -0.2) is 72.2 Å². The summed E-state index contributed by atoms with van der Waals surface area (Å²) in [5, 5.41) is 10.5. The molecule has 1 aromatic rings. The van der Waals surface area contributed by atoms with Crippen molar-refractivity contribution in [3.8, 4) is 5.75 Å². The van der Waals surface area contributed by atoms with Crippen LogP contribution in [0.15, 0.2) is 41.6 Å². The number of amides is 2. The molecule has 1 fully saturated rings. The Bertz CT molecular complexity index is 1030. The van der Waals surface area contributed by atoms with Gasteiger partial charge in [0.15, 0.2) is 21.8 Å². The Hall–Kier alpha value is -2.92. The Labute approximate surface area is 179 Å². The third-order valence-electron chi connectivity index (χ3n) is 4.57. The smallest absolute Gasteiger partial charge is 0.355 e. The van der Waals surface area contributed by atoms with Crippen LogP contribution in [0.3, 0.4) is 0 Å². The molecule has 0 aliphatic carbocycles. The fourth-order valence-electron chi connectivity index (χ4n) is 3.34. The first-order valence-corrected chi connectivity index (χ1v) is 11.2. The molecule has 1 saturated heterocycles. The zero-order valence-corrected chi connectivity index (χ0v) is 18.1. The molecule has 10 nitrogen and oxygen atoms in total. The highest BCUT2D eigenvalue weighted by atomic mass is 32.2. The van der Waals surface area contributed by atoms with Gasteiger partial charge in [0.1, 0.15) is 23.1 Å². The third kappa shape index (κ3) is 4.72. The molecule has 0 spiro atoms. The molecule has 0 radical (unpaired) electrons. The molecular formula is C20H24N2O8S. The molecule has 2 atom stereocenters. The van der Waals surface area contributed by atoms with Crippen molar-refractivity contribution in [2.45, 2.75) is 37.8 Å². The van der Waals surface area contributed by atoms with Gasteiger partial charge in [-0.1, -0.05) is 18.2 Å². The quantitative estimate of drug-likeness (QED) is 0.444. The summed E-state index contributed by atoms with van der Waals surface area (Å²) >= 11 is 0. The van der Waals surface area contributed by atoms with E-state index in [2.05, 4.69) is 5.32 Å². The van der Waals surface area contributed by atoms with E-state index >= 15 is 0 Å². The van der Waals surface area contributed by atoms with E-state index < -0.39 is 63.6 Å². The van der Waals surface area contributed by atoms with Crippen molar-refractivity contribution < 1.29 is 37.4 Å². The summed E-state index contributed by atoms with van der Waals surface area (Å²) in [7, 11) is -3.97. The summed E-state index contributed by atoms with van der Waals surface area (Å²) in [5.41, 5.74) is -1.32. The van der Waals surface area contributed by atoms with Gasteiger partial charge in [0, 0.05) is 5.57 Å². The zero-order valence-electron chi connectivity index (χ0n) is 17.3. The highest BCUT2D eigenvalue weighted by Gasteiger charge is 2.60. The van der Waals surface area contributed by atoms with E-state index in [-0.39, 0.29) is 11.3 Å². The molecular weight excluding hydrogens is 428 g/mol. The standard InChI is InChI=1S/C20H24N2O8S/c1-20(2,3)30-19(26)16-12(9-23)11-31(27,28)18-15(17(25)22(16)18)21-14(24)10-29-13-7-5-4-6-8-13/h4-8,15,18,23H,9-11H2,1-3H3,(H,21,24)/t15-,18-/m0/s1. The molecule has 2 amide bonds. The van der Waals surface area contributed by atoms with E-state index in [1.54, 1.807) is 51.1 Å². The maximum absolute atomic E-state index is 12.7. The van der Waals surface area contributed by atoms with Gasteiger partial charge in [0.2, 0.25) is 0 Å². The van der Waals surface area contributed by atoms with Gasteiger partial charge in [-0.2, -0.15) is 0 Å². The van der Waals surface area contributed by atoms with Gasteiger partial charge in [-0.05, 0) is 32.9 Å². The van der Waals surface area contributed by atoms with Gasteiger partial charge in [-0.15, -0.1) is 0 Å². The summed E-state index contributed by atoms with van der Waals surface area (Å²) in [6, 6.07) is 7.14. The molecule has 0 saturated carbocycles. The number of fused-ring (bicyclic) bond motifs is 1.